The summed E-state index contributed by atoms with van der Waals surface area (Å²) in [6.07, 6.45) is 2.22. The minimum atomic E-state index is -0.593. The van der Waals surface area contributed by atoms with E-state index in [2.05, 4.69) is 20.6 Å². The molecule has 10 heteroatoms. The number of hydrogen-bond acceptors (Lipinski definition) is 5. The first kappa shape index (κ1) is 21.5. The SMILES string of the molecule is N#Cc1ccc(Nc2ncc3c(n2)CN(C(=O)NCc2ccc(Cl)c(F)c2)CC3)c(F)c1. The lowest BCUT2D eigenvalue weighted by atomic mass is 10.1. The Morgan fingerprint density at radius 3 is 2.81 bits per heavy atom. The number of nitrogens with zero attached hydrogens (tertiary/aromatic N) is 4. The van der Waals surface area contributed by atoms with E-state index in [1.807, 2.05) is 6.07 Å². The molecular formula is C22H17ClF2N6O. The van der Waals surface area contributed by atoms with E-state index < -0.39 is 11.6 Å². The fraction of sp³-hybridized carbons (Fsp3) is 0.182. The Kier molecular flexibility index (Phi) is 6.14. The maximum atomic E-state index is 14.1. The minimum absolute atomic E-state index is 0.0256. The van der Waals surface area contributed by atoms with Gasteiger partial charge in [0.15, 0.2) is 0 Å². The third kappa shape index (κ3) is 4.76. The van der Waals surface area contributed by atoms with E-state index in [1.165, 1.54) is 24.3 Å². The number of aromatic nitrogens is 2. The second-order valence-corrected chi connectivity index (χ2v) is 7.58. The number of carbonyl (C=O) groups excluding carboxylic acids is 1. The monoisotopic (exact) mass is 454 g/mol. The number of carbonyl (C=O) groups is 1. The van der Waals surface area contributed by atoms with Crippen molar-refractivity contribution in [2.75, 3.05) is 11.9 Å². The average Bonchev–Trinajstić information content (AvgIpc) is 2.80. The van der Waals surface area contributed by atoms with Gasteiger partial charge >= 0.3 is 6.03 Å². The van der Waals surface area contributed by atoms with Crippen LogP contribution in [-0.4, -0.2) is 27.4 Å². The van der Waals surface area contributed by atoms with Crippen molar-refractivity contribution < 1.29 is 13.6 Å². The number of urea groups is 1. The molecule has 0 fully saturated rings. The van der Waals surface area contributed by atoms with Gasteiger partial charge in [-0.05, 0) is 47.9 Å². The van der Waals surface area contributed by atoms with Crippen LogP contribution < -0.4 is 10.6 Å². The normalized spacial score (nSPS) is 12.6. The largest absolute Gasteiger partial charge is 0.334 e. The summed E-state index contributed by atoms with van der Waals surface area (Å²) in [5.74, 6) is -0.947. The lowest BCUT2D eigenvalue weighted by Crippen LogP contribution is -2.42. The molecule has 2 amide bonds. The van der Waals surface area contributed by atoms with Gasteiger partial charge in [-0.2, -0.15) is 5.26 Å². The van der Waals surface area contributed by atoms with E-state index >= 15 is 0 Å². The summed E-state index contributed by atoms with van der Waals surface area (Å²) < 4.78 is 27.7. The van der Waals surface area contributed by atoms with E-state index in [4.69, 9.17) is 16.9 Å². The molecule has 0 saturated carbocycles. The number of benzene rings is 2. The number of rotatable bonds is 4. The average molecular weight is 455 g/mol. The Hall–Kier alpha value is -3.77. The molecule has 1 aliphatic heterocycles. The summed E-state index contributed by atoms with van der Waals surface area (Å²) >= 11 is 5.68. The van der Waals surface area contributed by atoms with Crippen LogP contribution in [0.25, 0.3) is 0 Å². The second kappa shape index (κ2) is 9.16. The maximum Gasteiger partial charge on any atom is 0.318 e. The molecule has 0 radical (unpaired) electrons. The van der Waals surface area contributed by atoms with Gasteiger partial charge in [0, 0.05) is 19.3 Å². The summed E-state index contributed by atoms with van der Waals surface area (Å²) in [6.45, 7) is 0.891. The minimum Gasteiger partial charge on any atom is -0.334 e. The van der Waals surface area contributed by atoms with Crippen molar-refractivity contribution in [3.63, 3.8) is 0 Å². The maximum absolute atomic E-state index is 14.1. The molecule has 0 unspecified atom stereocenters. The molecule has 2 heterocycles. The Morgan fingerprint density at radius 1 is 1.22 bits per heavy atom. The molecule has 4 rings (SSSR count). The fourth-order valence-corrected chi connectivity index (χ4v) is 3.40. The first-order chi connectivity index (χ1) is 15.4. The lowest BCUT2D eigenvalue weighted by molar-refractivity contribution is 0.191. The number of halogens is 3. The lowest BCUT2D eigenvalue weighted by Gasteiger charge is -2.28. The molecule has 1 aliphatic rings. The van der Waals surface area contributed by atoms with Gasteiger partial charge in [0.25, 0.3) is 0 Å². The van der Waals surface area contributed by atoms with Crippen molar-refractivity contribution in [2.24, 2.45) is 0 Å². The molecule has 32 heavy (non-hydrogen) atoms. The zero-order valence-corrected chi connectivity index (χ0v) is 17.5. The number of amides is 2. The Morgan fingerprint density at radius 2 is 2.06 bits per heavy atom. The van der Waals surface area contributed by atoms with Crippen molar-refractivity contribution in [1.29, 1.82) is 5.26 Å². The first-order valence-electron chi connectivity index (χ1n) is 9.71. The number of fused-ring (bicyclic) bond motifs is 1. The van der Waals surface area contributed by atoms with Crippen LogP contribution in [0, 0.1) is 23.0 Å². The number of hydrogen-bond donors (Lipinski definition) is 2. The Labute approximate surface area is 187 Å². The van der Waals surface area contributed by atoms with Gasteiger partial charge in [-0.3, -0.25) is 0 Å². The number of nitrogens with one attached hydrogen (secondary N) is 2. The molecule has 2 N–H and O–H groups in total. The van der Waals surface area contributed by atoms with Crippen LogP contribution >= 0.6 is 11.6 Å². The molecule has 0 bridgehead atoms. The van der Waals surface area contributed by atoms with Crippen LogP contribution in [0.5, 0.6) is 0 Å². The Balaban J connectivity index is 1.42. The van der Waals surface area contributed by atoms with Crippen molar-refractivity contribution in [2.45, 2.75) is 19.5 Å². The van der Waals surface area contributed by atoms with Crippen LogP contribution in [0.4, 0.5) is 25.2 Å². The molecule has 0 aliphatic carbocycles. The molecule has 162 valence electrons. The summed E-state index contributed by atoms with van der Waals surface area (Å²) in [4.78, 5) is 22.8. The van der Waals surface area contributed by atoms with Crippen LogP contribution in [0.2, 0.25) is 5.02 Å². The highest BCUT2D eigenvalue weighted by atomic mass is 35.5. The summed E-state index contributed by atoms with van der Waals surface area (Å²) in [5.41, 5.74) is 2.50. The van der Waals surface area contributed by atoms with Gasteiger partial charge in [-0.1, -0.05) is 17.7 Å². The third-order valence-electron chi connectivity index (χ3n) is 5.01. The van der Waals surface area contributed by atoms with Gasteiger partial charge in [0.05, 0.1) is 34.6 Å². The molecule has 2 aromatic carbocycles. The molecule has 3 aromatic rings. The quantitative estimate of drug-likeness (QED) is 0.613. The van der Waals surface area contributed by atoms with Crippen LogP contribution in [0.1, 0.15) is 22.4 Å². The zero-order valence-electron chi connectivity index (χ0n) is 16.7. The zero-order chi connectivity index (χ0) is 22.7. The molecule has 0 atom stereocenters. The molecule has 1 aromatic heterocycles. The highest BCUT2D eigenvalue weighted by molar-refractivity contribution is 6.30. The topological polar surface area (TPSA) is 93.9 Å². The Bertz CT molecular complexity index is 1230. The molecule has 7 nitrogen and oxygen atoms in total. The highest BCUT2D eigenvalue weighted by Crippen LogP contribution is 2.22. The first-order valence-corrected chi connectivity index (χ1v) is 10.1. The smallest absolute Gasteiger partial charge is 0.318 e. The van der Waals surface area contributed by atoms with Crippen molar-refractivity contribution >= 4 is 29.3 Å². The molecule has 0 spiro atoms. The highest BCUT2D eigenvalue weighted by Gasteiger charge is 2.22. The summed E-state index contributed by atoms with van der Waals surface area (Å²) in [6, 6.07) is 9.98. The van der Waals surface area contributed by atoms with Gasteiger partial charge in [-0.15, -0.1) is 0 Å². The predicted octanol–water partition coefficient (Wildman–Crippen LogP) is 4.29. The van der Waals surface area contributed by atoms with Crippen LogP contribution in [-0.2, 0) is 19.5 Å². The number of anilines is 2. The van der Waals surface area contributed by atoms with Gasteiger partial charge in [-0.25, -0.2) is 23.5 Å². The molecule has 0 saturated heterocycles. The van der Waals surface area contributed by atoms with Crippen LogP contribution in [0.3, 0.4) is 0 Å². The predicted molar refractivity (Wildman–Crippen MR) is 114 cm³/mol. The van der Waals surface area contributed by atoms with Gasteiger partial charge < -0.3 is 15.5 Å². The van der Waals surface area contributed by atoms with E-state index in [-0.39, 0.29) is 41.3 Å². The van der Waals surface area contributed by atoms with Gasteiger partial charge in [0.2, 0.25) is 5.95 Å². The summed E-state index contributed by atoms with van der Waals surface area (Å²) in [7, 11) is 0. The summed E-state index contributed by atoms with van der Waals surface area (Å²) in [5, 5.41) is 14.4. The second-order valence-electron chi connectivity index (χ2n) is 7.18. The van der Waals surface area contributed by atoms with Crippen LogP contribution in [0.15, 0.2) is 42.6 Å². The number of nitriles is 1. The molecular weight excluding hydrogens is 438 g/mol. The van der Waals surface area contributed by atoms with Crippen molar-refractivity contribution in [3.05, 3.63) is 81.6 Å². The third-order valence-corrected chi connectivity index (χ3v) is 5.31. The van der Waals surface area contributed by atoms with Crippen molar-refractivity contribution in [3.8, 4) is 6.07 Å². The van der Waals surface area contributed by atoms with E-state index in [0.717, 1.165) is 11.6 Å². The van der Waals surface area contributed by atoms with Gasteiger partial charge in [0.1, 0.15) is 11.6 Å². The van der Waals surface area contributed by atoms with E-state index in [1.54, 1.807) is 17.2 Å². The fourth-order valence-electron chi connectivity index (χ4n) is 3.28. The van der Waals surface area contributed by atoms with E-state index in [0.29, 0.717) is 24.2 Å². The standard InChI is InChI=1S/C22H17ClF2N6O/c23-16-3-1-14(8-17(16)24)10-28-22(32)31-6-5-15-11-27-21(30-20(15)12-31)29-19-4-2-13(9-26)7-18(19)25/h1-4,7-8,11H,5-6,10,12H2,(H,28,32)(H,27,29,30). The van der Waals surface area contributed by atoms with Crippen molar-refractivity contribution in [1.82, 2.24) is 20.2 Å². The van der Waals surface area contributed by atoms with E-state index in [9.17, 15) is 13.6 Å².